The first-order valence-corrected chi connectivity index (χ1v) is 6.91. The minimum atomic E-state index is 0.666. The van der Waals surface area contributed by atoms with Crippen molar-refractivity contribution in [2.45, 2.75) is 42.2 Å². The van der Waals surface area contributed by atoms with Crippen molar-refractivity contribution in [1.29, 1.82) is 5.26 Å². The lowest BCUT2D eigenvalue weighted by Crippen LogP contribution is -2.07. The van der Waals surface area contributed by atoms with E-state index < -0.39 is 0 Å². The average molecular weight is 252 g/mol. The lowest BCUT2D eigenvalue weighted by atomic mass is 10.0. The van der Waals surface area contributed by atoms with E-state index in [2.05, 4.69) is 6.07 Å². The molecule has 0 unspecified atom stereocenters. The highest BCUT2D eigenvalue weighted by atomic mass is 35.5. The lowest BCUT2D eigenvalue weighted by molar-refractivity contribution is 0.516. The highest BCUT2D eigenvalue weighted by Crippen LogP contribution is 2.36. The second-order valence-electron chi connectivity index (χ2n) is 4.13. The summed E-state index contributed by atoms with van der Waals surface area (Å²) < 4.78 is 0. The molecule has 1 aromatic rings. The Morgan fingerprint density at radius 1 is 1.25 bits per heavy atom. The number of hydrogen-bond donors (Lipinski definition) is 0. The zero-order valence-corrected chi connectivity index (χ0v) is 10.7. The van der Waals surface area contributed by atoms with Gasteiger partial charge in [0.1, 0.15) is 6.07 Å². The number of benzene rings is 1. The van der Waals surface area contributed by atoms with Gasteiger partial charge in [-0.1, -0.05) is 30.9 Å². The van der Waals surface area contributed by atoms with E-state index in [1.54, 1.807) is 6.07 Å². The molecule has 3 heteroatoms. The Morgan fingerprint density at radius 2 is 2.00 bits per heavy atom. The quantitative estimate of drug-likeness (QED) is 0.765. The van der Waals surface area contributed by atoms with Gasteiger partial charge >= 0.3 is 0 Å². The zero-order valence-electron chi connectivity index (χ0n) is 9.08. The normalized spacial score (nSPS) is 17.0. The molecule has 0 saturated heterocycles. The summed E-state index contributed by atoms with van der Waals surface area (Å²) in [6.45, 7) is 0. The average Bonchev–Trinajstić information content (AvgIpc) is 2.31. The number of hydrogen-bond acceptors (Lipinski definition) is 2. The van der Waals surface area contributed by atoms with Gasteiger partial charge in [0, 0.05) is 15.2 Å². The van der Waals surface area contributed by atoms with Crippen LogP contribution in [0.4, 0.5) is 0 Å². The molecule has 0 atom stereocenters. The molecule has 1 nitrogen and oxygen atoms in total. The first kappa shape index (κ1) is 11.8. The molecule has 16 heavy (non-hydrogen) atoms. The monoisotopic (exact) mass is 251 g/mol. The van der Waals surface area contributed by atoms with Gasteiger partial charge in [-0.15, -0.1) is 11.8 Å². The van der Waals surface area contributed by atoms with Gasteiger partial charge in [-0.2, -0.15) is 5.26 Å². The van der Waals surface area contributed by atoms with E-state index in [-0.39, 0.29) is 0 Å². The molecule has 0 spiro atoms. The van der Waals surface area contributed by atoms with Gasteiger partial charge in [-0.3, -0.25) is 0 Å². The Labute approximate surface area is 106 Å². The van der Waals surface area contributed by atoms with E-state index in [1.807, 2.05) is 23.9 Å². The molecule has 1 aliphatic carbocycles. The van der Waals surface area contributed by atoms with Crippen LogP contribution in [0.15, 0.2) is 23.1 Å². The molecule has 0 radical (unpaired) electrons. The van der Waals surface area contributed by atoms with Crippen LogP contribution in [-0.4, -0.2) is 5.25 Å². The predicted molar refractivity (Wildman–Crippen MR) is 68.9 cm³/mol. The Hall–Kier alpha value is -0.650. The van der Waals surface area contributed by atoms with Gasteiger partial charge in [-0.25, -0.2) is 0 Å². The molecule has 84 valence electrons. The van der Waals surface area contributed by atoms with E-state index in [1.165, 1.54) is 32.1 Å². The third kappa shape index (κ3) is 2.93. The van der Waals surface area contributed by atoms with Crippen molar-refractivity contribution in [3.05, 3.63) is 28.8 Å². The summed E-state index contributed by atoms with van der Waals surface area (Å²) in [6.07, 6.45) is 6.53. The third-order valence-electron chi connectivity index (χ3n) is 2.91. The summed E-state index contributed by atoms with van der Waals surface area (Å²) in [4.78, 5) is 1.04. The first-order chi connectivity index (χ1) is 7.79. The topological polar surface area (TPSA) is 23.8 Å². The summed E-state index contributed by atoms with van der Waals surface area (Å²) in [7, 11) is 0. The van der Waals surface area contributed by atoms with Gasteiger partial charge in [0.2, 0.25) is 0 Å². The van der Waals surface area contributed by atoms with Gasteiger partial charge in [0.05, 0.1) is 5.56 Å². The summed E-state index contributed by atoms with van der Waals surface area (Å²) >= 11 is 7.79. The molecule has 2 rings (SSSR count). The molecule has 0 aliphatic heterocycles. The van der Waals surface area contributed by atoms with Crippen LogP contribution >= 0.6 is 23.4 Å². The second kappa shape index (κ2) is 5.61. The van der Waals surface area contributed by atoms with Crippen LogP contribution in [-0.2, 0) is 0 Å². The molecule has 1 aliphatic rings. The fourth-order valence-corrected chi connectivity index (χ4v) is 3.65. The number of halogens is 1. The fourth-order valence-electron chi connectivity index (χ4n) is 2.05. The first-order valence-electron chi connectivity index (χ1n) is 5.66. The predicted octanol–water partition coefficient (Wildman–Crippen LogP) is 4.64. The van der Waals surface area contributed by atoms with E-state index in [0.29, 0.717) is 5.25 Å². The van der Waals surface area contributed by atoms with Crippen LogP contribution < -0.4 is 0 Å². The van der Waals surface area contributed by atoms with Crippen molar-refractivity contribution in [3.8, 4) is 6.07 Å². The molecule has 1 fully saturated rings. The maximum Gasteiger partial charge on any atom is 0.100 e. The van der Waals surface area contributed by atoms with Gasteiger partial charge < -0.3 is 0 Å². The minimum absolute atomic E-state index is 0.666. The van der Waals surface area contributed by atoms with Gasteiger partial charge in [0.15, 0.2) is 0 Å². The van der Waals surface area contributed by atoms with Gasteiger partial charge in [-0.05, 0) is 31.0 Å². The molecule has 0 N–H and O–H groups in total. The van der Waals surface area contributed by atoms with E-state index in [9.17, 15) is 0 Å². The standard InChI is InChI=1S/C13H14ClNS/c14-11-7-6-10(9-15)13(8-11)16-12-4-2-1-3-5-12/h6-8,12H,1-5H2. The molecule has 0 heterocycles. The number of rotatable bonds is 2. The molecular formula is C13H14ClNS. The van der Waals surface area contributed by atoms with Crippen molar-refractivity contribution < 1.29 is 0 Å². The maximum atomic E-state index is 9.03. The van der Waals surface area contributed by atoms with Crippen LogP contribution in [0.3, 0.4) is 0 Å². The maximum absolute atomic E-state index is 9.03. The Morgan fingerprint density at radius 3 is 2.69 bits per heavy atom. The van der Waals surface area contributed by atoms with Crippen LogP contribution in [0.5, 0.6) is 0 Å². The Bertz CT molecular complexity index is 405. The van der Waals surface area contributed by atoms with Crippen molar-refractivity contribution >= 4 is 23.4 Å². The highest BCUT2D eigenvalue weighted by Gasteiger charge is 2.16. The van der Waals surface area contributed by atoms with Gasteiger partial charge in [0.25, 0.3) is 0 Å². The number of thioether (sulfide) groups is 1. The lowest BCUT2D eigenvalue weighted by Gasteiger charge is -2.21. The molecule has 1 aromatic carbocycles. The molecular weight excluding hydrogens is 238 g/mol. The van der Waals surface area contributed by atoms with E-state index >= 15 is 0 Å². The fraction of sp³-hybridized carbons (Fsp3) is 0.462. The smallest absolute Gasteiger partial charge is 0.100 e. The van der Waals surface area contributed by atoms with Crippen molar-refractivity contribution in [2.24, 2.45) is 0 Å². The van der Waals surface area contributed by atoms with Crippen LogP contribution in [0.2, 0.25) is 5.02 Å². The highest BCUT2D eigenvalue weighted by molar-refractivity contribution is 8.00. The summed E-state index contributed by atoms with van der Waals surface area (Å²) in [5.41, 5.74) is 0.750. The third-order valence-corrected chi connectivity index (χ3v) is 4.54. The molecule has 0 aromatic heterocycles. The SMILES string of the molecule is N#Cc1ccc(Cl)cc1SC1CCCCC1. The summed E-state index contributed by atoms with van der Waals surface area (Å²) in [5.74, 6) is 0. The Kier molecular flexibility index (Phi) is 4.15. The Balaban J connectivity index is 2.13. The molecule has 0 amide bonds. The minimum Gasteiger partial charge on any atom is -0.192 e. The van der Waals surface area contributed by atoms with Crippen molar-refractivity contribution in [2.75, 3.05) is 0 Å². The van der Waals surface area contributed by atoms with Crippen LogP contribution in [0, 0.1) is 11.3 Å². The molecule has 0 bridgehead atoms. The van der Waals surface area contributed by atoms with E-state index in [0.717, 1.165) is 15.5 Å². The van der Waals surface area contributed by atoms with E-state index in [4.69, 9.17) is 16.9 Å². The largest absolute Gasteiger partial charge is 0.192 e. The zero-order chi connectivity index (χ0) is 11.4. The van der Waals surface area contributed by atoms with Crippen LogP contribution in [0.25, 0.3) is 0 Å². The molecule has 1 saturated carbocycles. The number of nitriles is 1. The number of nitrogens with zero attached hydrogens (tertiary/aromatic N) is 1. The van der Waals surface area contributed by atoms with Crippen LogP contribution in [0.1, 0.15) is 37.7 Å². The van der Waals surface area contributed by atoms with Crippen molar-refractivity contribution in [3.63, 3.8) is 0 Å². The summed E-state index contributed by atoms with van der Waals surface area (Å²) in [6, 6.07) is 7.74. The van der Waals surface area contributed by atoms with Crippen molar-refractivity contribution in [1.82, 2.24) is 0 Å². The summed E-state index contributed by atoms with van der Waals surface area (Å²) in [5, 5.41) is 10.4. The second-order valence-corrected chi connectivity index (χ2v) is 5.91.